The molecular formula is C14H17FN2O4. The lowest BCUT2D eigenvalue weighted by molar-refractivity contribution is 0.0521. The lowest BCUT2D eigenvalue weighted by Gasteiger charge is -2.31. The van der Waals surface area contributed by atoms with Crippen LogP contribution in [0, 0.1) is 5.82 Å². The molecule has 2 N–H and O–H groups in total. The van der Waals surface area contributed by atoms with E-state index in [4.69, 9.17) is 9.84 Å². The van der Waals surface area contributed by atoms with Gasteiger partial charge in [0.05, 0.1) is 17.4 Å². The number of halogens is 1. The van der Waals surface area contributed by atoms with Crippen LogP contribution in [-0.2, 0) is 4.74 Å². The van der Waals surface area contributed by atoms with Crippen molar-refractivity contribution >= 4 is 17.7 Å². The van der Waals surface area contributed by atoms with E-state index < -0.39 is 17.8 Å². The van der Waals surface area contributed by atoms with E-state index in [-0.39, 0.29) is 17.4 Å². The quantitative estimate of drug-likeness (QED) is 0.896. The Balaban J connectivity index is 2.08. The van der Waals surface area contributed by atoms with Gasteiger partial charge in [-0.2, -0.15) is 0 Å². The Kier molecular flexibility index (Phi) is 4.74. The number of rotatable bonds is 3. The SMILES string of the molecule is COC1CCN(C(=O)Nc2c(F)cccc2C(=O)O)CC1. The third kappa shape index (κ3) is 3.49. The Morgan fingerprint density at radius 3 is 2.62 bits per heavy atom. The van der Waals surface area contributed by atoms with Crippen LogP contribution in [0.15, 0.2) is 18.2 Å². The predicted molar refractivity (Wildman–Crippen MR) is 74.0 cm³/mol. The molecule has 0 atom stereocenters. The molecular weight excluding hydrogens is 279 g/mol. The fourth-order valence-electron chi connectivity index (χ4n) is 2.31. The second kappa shape index (κ2) is 6.53. The first-order valence-corrected chi connectivity index (χ1v) is 6.63. The fourth-order valence-corrected chi connectivity index (χ4v) is 2.31. The number of carboxylic acid groups (broad SMARTS) is 1. The highest BCUT2D eigenvalue weighted by molar-refractivity contribution is 6.00. The van der Waals surface area contributed by atoms with Gasteiger partial charge in [0.15, 0.2) is 0 Å². The molecule has 0 aromatic heterocycles. The number of hydrogen-bond acceptors (Lipinski definition) is 3. The molecule has 114 valence electrons. The third-order valence-electron chi connectivity index (χ3n) is 3.54. The molecule has 0 bridgehead atoms. The zero-order chi connectivity index (χ0) is 15.4. The van der Waals surface area contributed by atoms with Crippen LogP contribution in [0.5, 0.6) is 0 Å². The summed E-state index contributed by atoms with van der Waals surface area (Å²) in [5, 5.41) is 11.4. The van der Waals surface area contributed by atoms with Crippen LogP contribution in [0.4, 0.5) is 14.9 Å². The predicted octanol–water partition coefficient (Wildman–Crippen LogP) is 2.17. The maximum Gasteiger partial charge on any atom is 0.337 e. The summed E-state index contributed by atoms with van der Waals surface area (Å²) in [5.41, 5.74) is -0.570. The van der Waals surface area contributed by atoms with Crippen LogP contribution in [0.3, 0.4) is 0 Å². The van der Waals surface area contributed by atoms with Gasteiger partial charge in [-0.25, -0.2) is 14.0 Å². The molecule has 0 unspecified atom stereocenters. The van der Waals surface area contributed by atoms with E-state index in [9.17, 15) is 14.0 Å². The van der Waals surface area contributed by atoms with Crippen molar-refractivity contribution < 1.29 is 23.8 Å². The van der Waals surface area contributed by atoms with Crippen LogP contribution >= 0.6 is 0 Å². The first-order chi connectivity index (χ1) is 10.0. The fraction of sp³-hybridized carbons (Fsp3) is 0.429. The van der Waals surface area contributed by atoms with E-state index >= 15 is 0 Å². The Morgan fingerprint density at radius 2 is 2.05 bits per heavy atom. The van der Waals surface area contributed by atoms with Crippen molar-refractivity contribution in [3.05, 3.63) is 29.6 Å². The summed E-state index contributed by atoms with van der Waals surface area (Å²) in [4.78, 5) is 24.7. The van der Waals surface area contributed by atoms with Gasteiger partial charge in [0.25, 0.3) is 0 Å². The van der Waals surface area contributed by atoms with Crippen molar-refractivity contribution in [2.75, 3.05) is 25.5 Å². The molecule has 1 aliphatic heterocycles. The minimum atomic E-state index is -1.29. The smallest absolute Gasteiger partial charge is 0.337 e. The highest BCUT2D eigenvalue weighted by atomic mass is 19.1. The highest BCUT2D eigenvalue weighted by Gasteiger charge is 2.24. The maximum absolute atomic E-state index is 13.7. The summed E-state index contributed by atoms with van der Waals surface area (Å²) in [6.45, 7) is 0.975. The van der Waals surface area contributed by atoms with Gasteiger partial charge in [-0.15, -0.1) is 0 Å². The molecule has 1 heterocycles. The number of hydrogen-bond donors (Lipinski definition) is 2. The Morgan fingerprint density at radius 1 is 1.38 bits per heavy atom. The molecule has 0 radical (unpaired) electrons. The molecule has 1 fully saturated rings. The molecule has 6 nitrogen and oxygen atoms in total. The van der Waals surface area contributed by atoms with Gasteiger partial charge in [-0.1, -0.05) is 6.07 Å². The van der Waals surface area contributed by atoms with Gasteiger partial charge in [0.1, 0.15) is 5.82 Å². The number of amides is 2. The molecule has 1 aromatic carbocycles. The summed E-state index contributed by atoms with van der Waals surface area (Å²) >= 11 is 0. The molecule has 2 rings (SSSR count). The van der Waals surface area contributed by atoms with E-state index in [1.54, 1.807) is 7.11 Å². The number of nitrogens with zero attached hydrogens (tertiary/aromatic N) is 1. The number of likely N-dealkylation sites (tertiary alicyclic amines) is 1. The van der Waals surface area contributed by atoms with Crippen LogP contribution in [0.1, 0.15) is 23.2 Å². The monoisotopic (exact) mass is 296 g/mol. The van der Waals surface area contributed by atoms with Gasteiger partial charge >= 0.3 is 12.0 Å². The number of ether oxygens (including phenoxy) is 1. The van der Waals surface area contributed by atoms with Crippen molar-refractivity contribution in [2.45, 2.75) is 18.9 Å². The van der Waals surface area contributed by atoms with E-state index in [0.717, 1.165) is 6.07 Å². The summed E-state index contributed by atoms with van der Waals surface area (Å²) in [7, 11) is 1.62. The molecule has 2 amide bonds. The van der Waals surface area contributed by atoms with Crippen molar-refractivity contribution in [1.82, 2.24) is 4.90 Å². The lowest BCUT2D eigenvalue weighted by Crippen LogP contribution is -2.43. The van der Waals surface area contributed by atoms with Crippen LogP contribution in [0.2, 0.25) is 0 Å². The second-order valence-electron chi connectivity index (χ2n) is 4.82. The van der Waals surface area contributed by atoms with Gasteiger partial charge in [-0.3, -0.25) is 0 Å². The number of carbonyl (C=O) groups is 2. The molecule has 0 saturated carbocycles. The number of carbonyl (C=O) groups excluding carboxylic acids is 1. The highest BCUT2D eigenvalue weighted by Crippen LogP contribution is 2.21. The number of aromatic carboxylic acids is 1. The molecule has 0 spiro atoms. The average molecular weight is 296 g/mol. The second-order valence-corrected chi connectivity index (χ2v) is 4.82. The molecule has 21 heavy (non-hydrogen) atoms. The van der Waals surface area contributed by atoms with Gasteiger partial charge in [-0.05, 0) is 25.0 Å². The summed E-state index contributed by atoms with van der Waals surface area (Å²) < 4.78 is 18.9. The summed E-state index contributed by atoms with van der Waals surface area (Å²) in [5.74, 6) is -2.06. The Hall–Kier alpha value is -2.15. The van der Waals surface area contributed by atoms with Crippen molar-refractivity contribution in [3.63, 3.8) is 0 Å². The van der Waals surface area contributed by atoms with Gasteiger partial charge < -0.3 is 20.1 Å². The third-order valence-corrected chi connectivity index (χ3v) is 3.54. The number of methoxy groups -OCH3 is 1. The van der Waals surface area contributed by atoms with Gasteiger partial charge in [0, 0.05) is 20.2 Å². The number of urea groups is 1. The largest absolute Gasteiger partial charge is 0.478 e. The first kappa shape index (κ1) is 15.2. The summed E-state index contributed by atoms with van der Waals surface area (Å²) in [6.07, 6.45) is 1.53. The van der Waals surface area contributed by atoms with Crippen LogP contribution in [-0.4, -0.2) is 48.3 Å². The minimum Gasteiger partial charge on any atom is -0.478 e. The average Bonchev–Trinajstić information content (AvgIpc) is 2.49. The normalized spacial score (nSPS) is 15.8. The summed E-state index contributed by atoms with van der Waals surface area (Å²) in [6, 6.07) is 3.15. The van der Waals surface area contributed by atoms with Crippen molar-refractivity contribution in [1.29, 1.82) is 0 Å². The van der Waals surface area contributed by atoms with Crippen molar-refractivity contribution in [2.24, 2.45) is 0 Å². The zero-order valence-electron chi connectivity index (χ0n) is 11.6. The van der Waals surface area contributed by atoms with E-state index in [1.807, 2.05) is 0 Å². The number of para-hydroxylation sites is 1. The molecule has 7 heteroatoms. The lowest BCUT2D eigenvalue weighted by atomic mass is 10.1. The maximum atomic E-state index is 13.7. The minimum absolute atomic E-state index is 0.122. The number of benzene rings is 1. The standard InChI is InChI=1S/C14H17FN2O4/c1-21-9-5-7-17(8-6-9)14(20)16-12-10(13(18)19)3-2-4-11(12)15/h2-4,9H,5-8H2,1H3,(H,16,20)(H,18,19). The molecule has 1 saturated heterocycles. The topological polar surface area (TPSA) is 78.9 Å². The van der Waals surface area contributed by atoms with E-state index in [2.05, 4.69) is 5.32 Å². The van der Waals surface area contributed by atoms with Crippen LogP contribution in [0.25, 0.3) is 0 Å². The number of nitrogens with one attached hydrogen (secondary N) is 1. The zero-order valence-corrected chi connectivity index (χ0v) is 11.6. The van der Waals surface area contributed by atoms with E-state index in [0.29, 0.717) is 25.9 Å². The Bertz CT molecular complexity index is 542. The number of carboxylic acids is 1. The van der Waals surface area contributed by atoms with Gasteiger partial charge in [0.2, 0.25) is 0 Å². The number of piperidine rings is 1. The van der Waals surface area contributed by atoms with Crippen molar-refractivity contribution in [3.8, 4) is 0 Å². The molecule has 1 aliphatic rings. The molecule has 0 aliphatic carbocycles. The number of anilines is 1. The van der Waals surface area contributed by atoms with E-state index in [1.165, 1.54) is 17.0 Å². The molecule has 1 aromatic rings. The Labute approximate surface area is 121 Å². The van der Waals surface area contributed by atoms with Crippen LogP contribution < -0.4 is 5.32 Å². The first-order valence-electron chi connectivity index (χ1n) is 6.63.